The highest BCUT2D eigenvalue weighted by molar-refractivity contribution is 5.93. The number of aromatic nitrogens is 3. The molecule has 7 heteroatoms. The van der Waals surface area contributed by atoms with Crippen LogP contribution in [0.4, 0.5) is 0 Å². The maximum atomic E-state index is 12.8. The minimum atomic E-state index is -0.0528. The van der Waals surface area contributed by atoms with Gasteiger partial charge in [-0.1, -0.05) is 6.92 Å². The number of nitrogens with one attached hydrogen (secondary N) is 1. The number of amides is 1. The van der Waals surface area contributed by atoms with E-state index < -0.39 is 0 Å². The third kappa shape index (κ3) is 4.86. The lowest BCUT2D eigenvalue weighted by Crippen LogP contribution is -2.41. The van der Waals surface area contributed by atoms with Crippen molar-refractivity contribution in [2.45, 2.75) is 33.2 Å². The number of piperidine rings is 1. The van der Waals surface area contributed by atoms with Crippen molar-refractivity contribution in [3.8, 4) is 5.88 Å². The van der Waals surface area contributed by atoms with Gasteiger partial charge in [0.1, 0.15) is 5.82 Å². The maximum Gasteiger partial charge on any atom is 0.255 e. The van der Waals surface area contributed by atoms with Crippen molar-refractivity contribution >= 4 is 5.91 Å². The largest absolute Gasteiger partial charge is 0.477 e. The van der Waals surface area contributed by atoms with E-state index in [9.17, 15) is 4.79 Å². The van der Waals surface area contributed by atoms with Crippen LogP contribution in [-0.4, -0.2) is 51.6 Å². The molecule has 1 aliphatic heterocycles. The molecule has 0 aromatic carbocycles. The van der Waals surface area contributed by atoms with E-state index in [-0.39, 0.29) is 11.3 Å². The topological polar surface area (TPSA) is 72.3 Å². The van der Waals surface area contributed by atoms with E-state index in [0.29, 0.717) is 31.1 Å². The number of pyridine rings is 1. The van der Waals surface area contributed by atoms with E-state index in [1.165, 1.54) is 6.42 Å². The fraction of sp³-hybridized carbons (Fsp3) is 0.550. The van der Waals surface area contributed by atoms with Crippen molar-refractivity contribution in [2.24, 2.45) is 12.5 Å². The second kappa shape index (κ2) is 8.52. The summed E-state index contributed by atoms with van der Waals surface area (Å²) in [6.45, 7) is 7.94. The molecule has 7 nitrogen and oxygen atoms in total. The number of rotatable bonds is 7. The zero-order chi connectivity index (χ0) is 19.3. The Bertz CT molecular complexity index is 750. The Balaban J connectivity index is 1.59. The van der Waals surface area contributed by atoms with Crippen LogP contribution in [0.1, 0.15) is 42.9 Å². The number of carbonyl (C=O) groups is 1. The highest BCUT2D eigenvalue weighted by atomic mass is 16.5. The predicted octanol–water partition coefficient (Wildman–Crippen LogP) is 2.25. The van der Waals surface area contributed by atoms with Gasteiger partial charge in [-0.05, 0) is 32.4 Å². The number of hydrogen-bond acceptors (Lipinski definition) is 5. The summed E-state index contributed by atoms with van der Waals surface area (Å²) in [7, 11) is 1.93. The molecule has 1 N–H and O–H groups in total. The van der Waals surface area contributed by atoms with Crippen LogP contribution in [-0.2, 0) is 13.6 Å². The number of nitrogens with zero attached hydrogens (tertiary/aromatic N) is 4. The van der Waals surface area contributed by atoms with E-state index in [1.807, 2.05) is 24.7 Å². The molecule has 3 rings (SSSR count). The molecule has 1 amide bonds. The lowest BCUT2D eigenvalue weighted by atomic mass is 9.84. The zero-order valence-corrected chi connectivity index (χ0v) is 16.4. The molecule has 1 fully saturated rings. The molecule has 1 aliphatic rings. The van der Waals surface area contributed by atoms with Crippen molar-refractivity contribution < 1.29 is 9.53 Å². The SMILES string of the molecule is CCN(Cc1nccn1C)C(=O)c1ccc(OC[C@]2(C)CCCNC2)nc1. The van der Waals surface area contributed by atoms with E-state index >= 15 is 0 Å². The number of ether oxygens (including phenoxy) is 1. The normalized spacial score (nSPS) is 19.7. The van der Waals surface area contributed by atoms with Crippen LogP contribution in [0.3, 0.4) is 0 Å². The summed E-state index contributed by atoms with van der Waals surface area (Å²) in [5.41, 5.74) is 0.694. The van der Waals surface area contributed by atoms with Gasteiger partial charge in [-0.25, -0.2) is 9.97 Å². The fourth-order valence-corrected chi connectivity index (χ4v) is 3.31. The molecule has 0 unspecified atom stereocenters. The van der Waals surface area contributed by atoms with Crippen molar-refractivity contribution in [3.05, 3.63) is 42.1 Å². The molecule has 2 aromatic heterocycles. The van der Waals surface area contributed by atoms with Gasteiger partial charge in [0.05, 0.1) is 18.7 Å². The molecule has 0 saturated carbocycles. The lowest BCUT2D eigenvalue weighted by Gasteiger charge is -2.33. The van der Waals surface area contributed by atoms with Crippen LogP contribution in [0.25, 0.3) is 0 Å². The third-order valence-corrected chi connectivity index (χ3v) is 5.16. The number of imidazole rings is 1. The van der Waals surface area contributed by atoms with Gasteiger partial charge >= 0.3 is 0 Å². The van der Waals surface area contributed by atoms with Crippen molar-refractivity contribution in [2.75, 3.05) is 26.2 Å². The van der Waals surface area contributed by atoms with Gasteiger partial charge in [-0.3, -0.25) is 4.79 Å². The molecular weight excluding hydrogens is 342 g/mol. The lowest BCUT2D eigenvalue weighted by molar-refractivity contribution is 0.0746. The molecule has 146 valence electrons. The average Bonchev–Trinajstić information content (AvgIpc) is 3.09. The molecule has 0 aliphatic carbocycles. The van der Waals surface area contributed by atoms with Gasteiger partial charge in [-0.15, -0.1) is 0 Å². The van der Waals surface area contributed by atoms with Crippen LogP contribution in [0, 0.1) is 5.41 Å². The molecule has 27 heavy (non-hydrogen) atoms. The number of aryl methyl sites for hydroxylation is 1. The quantitative estimate of drug-likeness (QED) is 0.808. The van der Waals surface area contributed by atoms with Gasteiger partial charge in [0.2, 0.25) is 5.88 Å². The molecule has 0 radical (unpaired) electrons. The summed E-state index contributed by atoms with van der Waals surface area (Å²) in [5.74, 6) is 1.36. The van der Waals surface area contributed by atoms with E-state index in [0.717, 1.165) is 25.3 Å². The van der Waals surface area contributed by atoms with E-state index in [2.05, 4.69) is 22.2 Å². The Morgan fingerprint density at radius 2 is 2.26 bits per heavy atom. The Labute approximate surface area is 160 Å². The highest BCUT2D eigenvalue weighted by Crippen LogP contribution is 2.26. The first kappa shape index (κ1) is 19.4. The Morgan fingerprint density at radius 3 is 2.85 bits per heavy atom. The van der Waals surface area contributed by atoms with Gasteiger partial charge in [0, 0.05) is 50.2 Å². The predicted molar refractivity (Wildman–Crippen MR) is 104 cm³/mol. The first-order valence-corrected chi connectivity index (χ1v) is 9.56. The third-order valence-electron chi connectivity index (χ3n) is 5.16. The molecule has 2 aromatic rings. The molecule has 1 saturated heterocycles. The van der Waals surface area contributed by atoms with Crippen molar-refractivity contribution in [1.82, 2.24) is 24.8 Å². The monoisotopic (exact) mass is 371 g/mol. The molecule has 0 bridgehead atoms. The molecule has 1 atom stereocenters. The smallest absolute Gasteiger partial charge is 0.255 e. The molecule has 0 spiro atoms. The standard InChI is InChI=1S/C20H29N5O2/c1-4-25(13-17-22-10-11-24(17)3)19(26)16-6-7-18(23-12-16)27-15-20(2)8-5-9-21-14-20/h6-7,10-12,21H,4-5,8-9,13-15H2,1-3H3/t20-/m1/s1. The summed E-state index contributed by atoms with van der Waals surface area (Å²) in [5, 5.41) is 3.42. The second-order valence-corrected chi connectivity index (χ2v) is 7.54. The maximum absolute atomic E-state index is 12.8. The second-order valence-electron chi connectivity index (χ2n) is 7.54. The highest BCUT2D eigenvalue weighted by Gasteiger charge is 2.27. The minimum Gasteiger partial charge on any atom is -0.477 e. The van der Waals surface area contributed by atoms with E-state index in [1.54, 1.807) is 29.4 Å². The fourth-order valence-electron chi connectivity index (χ4n) is 3.31. The van der Waals surface area contributed by atoms with Gasteiger partial charge < -0.3 is 19.5 Å². The number of carbonyl (C=O) groups excluding carboxylic acids is 1. The summed E-state index contributed by atoms with van der Waals surface area (Å²) >= 11 is 0. The summed E-state index contributed by atoms with van der Waals surface area (Å²) in [6, 6.07) is 3.56. The van der Waals surface area contributed by atoms with Crippen LogP contribution in [0.5, 0.6) is 5.88 Å². The summed E-state index contributed by atoms with van der Waals surface area (Å²) in [4.78, 5) is 23.2. The first-order chi connectivity index (χ1) is 13.0. The summed E-state index contributed by atoms with van der Waals surface area (Å²) < 4.78 is 7.80. The Kier molecular flexibility index (Phi) is 6.11. The minimum absolute atomic E-state index is 0.0528. The van der Waals surface area contributed by atoms with Crippen LogP contribution < -0.4 is 10.1 Å². The van der Waals surface area contributed by atoms with Gasteiger partial charge in [-0.2, -0.15) is 0 Å². The zero-order valence-electron chi connectivity index (χ0n) is 16.4. The van der Waals surface area contributed by atoms with Gasteiger partial charge in [0.25, 0.3) is 5.91 Å². The average molecular weight is 371 g/mol. The Hall–Kier alpha value is -2.41. The summed E-state index contributed by atoms with van der Waals surface area (Å²) in [6.07, 6.45) is 7.53. The first-order valence-electron chi connectivity index (χ1n) is 9.56. The van der Waals surface area contributed by atoms with Crippen molar-refractivity contribution in [3.63, 3.8) is 0 Å². The van der Waals surface area contributed by atoms with Crippen LogP contribution >= 0.6 is 0 Å². The van der Waals surface area contributed by atoms with E-state index in [4.69, 9.17) is 4.74 Å². The van der Waals surface area contributed by atoms with Gasteiger partial charge in [0.15, 0.2) is 0 Å². The molecule has 3 heterocycles. The van der Waals surface area contributed by atoms with Crippen molar-refractivity contribution in [1.29, 1.82) is 0 Å². The number of hydrogen-bond donors (Lipinski definition) is 1. The Morgan fingerprint density at radius 1 is 1.41 bits per heavy atom. The van der Waals surface area contributed by atoms with Crippen LogP contribution in [0.2, 0.25) is 0 Å². The molecular formula is C20H29N5O2. The van der Waals surface area contributed by atoms with Crippen LogP contribution in [0.15, 0.2) is 30.7 Å².